The van der Waals surface area contributed by atoms with Gasteiger partial charge in [0, 0.05) is 30.9 Å². The molecule has 3 aliphatic rings. The minimum absolute atomic E-state index is 0. The number of aromatic nitrogens is 1. The highest BCUT2D eigenvalue weighted by Crippen LogP contribution is 2.47. The van der Waals surface area contributed by atoms with Crippen LogP contribution >= 0.6 is 24.8 Å². The number of allylic oxidation sites excluding steroid dienone is 1. The fourth-order valence-electron chi connectivity index (χ4n) is 5.91. The summed E-state index contributed by atoms with van der Waals surface area (Å²) in [5.74, 6) is 1.01. The first-order valence-corrected chi connectivity index (χ1v) is 15.8. The lowest BCUT2D eigenvalue weighted by Gasteiger charge is -2.33. The molecule has 2 aromatic heterocycles. The number of carbonyl (C=O) groups excluding carboxylic acids is 3. The topological polar surface area (TPSA) is 128 Å². The van der Waals surface area contributed by atoms with Crippen LogP contribution in [-0.4, -0.2) is 46.9 Å². The van der Waals surface area contributed by atoms with Crippen LogP contribution in [0.15, 0.2) is 72.4 Å². The Morgan fingerprint density at radius 3 is 2.67 bits per heavy atom. The maximum absolute atomic E-state index is 13.7. The minimum Gasteiger partial charge on any atom is -0.457 e. The molecule has 46 heavy (non-hydrogen) atoms. The van der Waals surface area contributed by atoms with Crippen molar-refractivity contribution < 1.29 is 19.1 Å². The minimum atomic E-state index is -0.400. The second-order valence-corrected chi connectivity index (χ2v) is 12.5. The highest BCUT2D eigenvalue weighted by molar-refractivity contribution is 7.59. The molecule has 2 N–H and O–H groups in total. The van der Waals surface area contributed by atoms with E-state index in [4.69, 9.17) is 4.74 Å². The number of anilines is 3. The zero-order valence-electron chi connectivity index (χ0n) is 25.1. The highest BCUT2D eigenvalue weighted by atomic mass is 32.1. The number of amides is 4. The first-order valence-electron chi connectivity index (χ1n) is 15.0. The molecule has 2 aromatic carbocycles. The number of thiophene rings is 1. The third-order valence-electron chi connectivity index (χ3n) is 8.34. The SMILES string of the molecule is Cc1c(Oc2ccccc2)cccc1N1C(=O)Nc2c(C(=O)N[C@H]3CCCN(C(=O)/C(C#N)=C/C4CC4)C3)sc3nccc1c23.S. The molecule has 12 heteroatoms. The Kier molecular flexibility index (Phi) is 8.71. The van der Waals surface area contributed by atoms with E-state index in [1.165, 1.54) is 11.3 Å². The van der Waals surface area contributed by atoms with Gasteiger partial charge in [-0.2, -0.15) is 18.8 Å². The molecule has 1 saturated carbocycles. The van der Waals surface area contributed by atoms with Gasteiger partial charge < -0.3 is 20.3 Å². The fourth-order valence-corrected chi connectivity index (χ4v) is 6.93. The van der Waals surface area contributed by atoms with E-state index in [1.807, 2.05) is 55.5 Å². The molecule has 0 radical (unpaired) electrons. The molecule has 2 fully saturated rings. The molecule has 0 bridgehead atoms. The molecular formula is C34H32N6O4S2. The van der Waals surface area contributed by atoms with Crippen molar-refractivity contribution in [3.63, 3.8) is 0 Å². The van der Waals surface area contributed by atoms with E-state index in [-0.39, 0.29) is 36.9 Å². The number of piperidine rings is 1. The van der Waals surface area contributed by atoms with Gasteiger partial charge in [0.05, 0.1) is 22.4 Å². The summed E-state index contributed by atoms with van der Waals surface area (Å²) in [7, 11) is 0. The molecule has 234 valence electrons. The summed E-state index contributed by atoms with van der Waals surface area (Å²) in [4.78, 5) is 49.2. The van der Waals surface area contributed by atoms with Crippen LogP contribution in [0, 0.1) is 24.2 Å². The Balaban J connectivity index is 0.00000372. The average Bonchev–Trinajstić information content (AvgIpc) is 3.80. The molecular weight excluding hydrogens is 621 g/mol. The van der Waals surface area contributed by atoms with Crippen molar-refractivity contribution in [3.05, 3.63) is 82.9 Å². The second kappa shape index (κ2) is 12.9. The maximum Gasteiger partial charge on any atom is 0.331 e. The zero-order chi connectivity index (χ0) is 31.1. The molecule has 7 rings (SSSR count). The second-order valence-electron chi connectivity index (χ2n) is 11.5. The Morgan fingerprint density at radius 1 is 1.11 bits per heavy atom. The summed E-state index contributed by atoms with van der Waals surface area (Å²) in [6.45, 7) is 2.76. The van der Waals surface area contributed by atoms with Gasteiger partial charge in [-0.05, 0) is 68.9 Å². The van der Waals surface area contributed by atoms with Crippen LogP contribution in [-0.2, 0) is 4.79 Å². The number of hydrogen-bond donors (Lipinski definition) is 2. The zero-order valence-corrected chi connectivity index (χ0v) is 26.9. The summed E-state index contributed by atoms with van der Waals surface area (Å²) in [6.07, 6.45) is 6.84. The van der Waals surface area contributed by atoms with Gasteiger partial charge in [0.25, 0.3) is 11.8 Å². The number of nitriles is 1. The van der Waals surface area contributed by atoms with E-state index in [2.05, 4.69) is 21.7 Å². The van der Waals surface area contributed by atoms with Gasteiger partial charge in [0.15, 0.2) is 0 Å². The van der Waals surface area contributed by atoms with Gasteiger partial charge >= 0.3 is 6.03 Å². The van der Waals surface area contributed by atoms with Gasteiger partial charge in [-0.3, -0.25) is 14.5 Å². The van der Waals surface area contributed by atoms with E-state index in [1.54, 1.807) is 28.1 Å². The first-order chi connectivity index (χ1) is 21.9. The number of hydrogen-bond acceptors (Lipinski definition) is 7. The lowest BCUT2D eigenvalue weighted by Crippen LogP contribution is -2.50. The average molecular weight is 653 g/mol. The number of benzene rings is 2. The van der Waals surface area contributed by atoms with Crippen LogP contribution in [0.5, 0.6) is 11.5 Å². The van der Waals surface area contributed by atoms with E-state index >= 15 is 0 Å². The van der Waals surface area contributed by atoms with Crippen LogP contribution in [0.25, 0.3) is 10.2 Å². The third-order valence-corrected chi connectivity index (χ3v) is 9.44. The van der Waals surface area contributed by atoms with Crippen molar-refractivity contribution in [3.8, 4) is 17.6 Å². The lowest BCUT2D eigenvalue weighted by atomic mass is 10.0. The number of ether oxygens (including phenoxy) is 1. The smallest absolute Gasteiger partial charge is 0.331 e. The standard InChI is InChI=1S/C34H30N6O4S.H2S/c1-20-25(10-5-11-27(20)44-24-8-3-2-4-9-24)40-26-14-15-36-32-28(26)29(38-34(40)43)30(45-32)31(41)37-23-7-6-16-39(19-23)33(42)22(18-35)17-21-12-13-21;/h2-5,8-11,14-15,17,21,23H,6-7,12-13,16,19H2,1H3,(H,37,41)(H,38,43);1H2/b22-17+;/t23-;/m0./s1. The van der Waals surface area contributed by atoms with Crippen molar-refractivity contribution in [1.82, 2.24) is 15.2 Å². The summed E-state index contributed by atoms with van der Waals surface area (Å²) in [5.41, 5.74) is 2.65. The quantitative estimate of drug-likeness (QED) is 0.168. The number of nitrogens with one attached hydrogen (secondary N) is 2. The van der Waals surface area contributed by atoms with Crippen LogP contribution in [0.1, 0.15) is 40.9 Å². The van der Waals surface area contributed by atoms with Crippen molar-refractivity contribution >= 4 is 70.0 Å². The molecule has 2 aliphatic heterocycles. The van der Waals surface area contributed by atoms with Gasteiger partial charge in [-0.25, -0.2) is 9.78 Å². The Bertz CT molecular complexity index is 1910. The van der Waals surface area contributed by atoms with Gasteiger partial charge in [0.1, 0.15) is 32.8 Å². The summed E-state index contributed by atoms with van der Waals surface area (Å²) in [5, 5.41) is 16.3. The maximum atomic E-state index is 13.7. The number of urea groups is 1. The molecule has 0 spiro atoms. The number of likely N-dealkylation sites (tertiary alicyclic amines) is 1. The van der Waals surface area contributed by atoms with Gasteiger partial charge in [-0.1, -0.05) is 30.3 Å². The van der Waals surface area contributed by atoms with Crippen molar-refractivity contribution in [1.29, 1.82) is 5.26 Å². The predicted octanol–water partition coefficient (Wildman–Crippen LogP) is 6.77. The van der Waals surface area contributed by atoms with Crippen LogP contribution in [0.4, 0.5) is 21.9 Å². The number of nitrogens with zero attached hydrogens (tertiary/aromatic N) is 4. The van der Waals surface area contributed by atoms with E-state index in [9.17, 15) is 19.6 Å². The summed E-state index contributed by atoms with van der Waals surface area (Å²) >= 11 is 1.22. The third kappa shape index (κ3) is 5.91. The van der Waals surface area contributed by atoms with Crippen LogP contribution in [0.2, 0.25) is 0 Å². The van der Waals surface area contributed by atoms with Crippen molar-refractivity contribution in [2.45, 2.75) is 38.6 Å². The Hall–Kier alpha value is -4.86. The molecule has 1 atom stereocenters. The number of para-hydroxylation sites is 1. The summed E-state index contributed by atoms with van der Waals surface area (Å²) in [6, 6.07) is 18.2. The molecule has 1 saturated heterocycles. The predicted molar refractivity (Wildman–Crippen MR) is 182 cm³/mol. The van der Waals surface area contributed by atoms with E-state index in [0.29, 0.717) is 75.5 Å². The van der Waals surface area contributed by atoms with E-state index in [0.717, 1.165) is 18.4 Å². The van der Waals surface area contributed by atoms with Crippen LogP contribution in [0.3, 0.4) is 0 Å². The summed E-state index contributed by atoms with van der Waals surface area (Å²) < 4.78 is 6.12. The lowest BCUT2D eigenvalue weighted by molar-refractivity contribution is -0.128. The largest absolute Gasteiger partial charge is 0.457 e. The van der Waals surface area contributed by atoms with Crippen molar-refractivity contribution in [2.75, 3.05) is 23.3 Å². The van der Waals surface area contributed by atoms with Crippen molar-refractivity contribution in [2.24, 2.45) is 5.92 Å². The molecule has 10 nitrogen and oxygen atoms in total. The number of pyridine rings is 1. The van der Waals surface area contributed by atoms with Gasteiger partial charge in [-0.15, -0.1) is 11.3 Å². The number of carbonyl (C=O) groups is 3. The van der Waals surface area contributed by atoms with E-state index < -0.39 is 6.03 Å². The monoisotopic (exact) mass is 652 g/mol. The normalized spacial score (nSPS) is 17.5. The Labute approximate surface area is 277 Å². The molecule has 4 heterocycles. The Morgan fingerprint density at radius 2 is 1.91 bits per heavy atom. The highest BCUT2D eigenvalue weighted by Gasteiger charge is 2.35. The molecule has 0 unspecified atom stereocenters. The fraction of sp³-hybridized carbons (Fsp3) is 0.265. The molecule has 4 amide bonds. The molecule has 4 aromatic rings. The van der Waals surface area contributed by atoms with Gasteiger partial charge in [0.2, 0.25) is 0 Å². The first kappa shape index (κ1) is 31.1. The molecule has 1 aliphatic carbocycles. The van der Waals surface area contributed by atoms with Crippen LogP contribution < -0.4 is 20.3 Å². The number of rotatable bonds is 7.